The van der Waals surface area contributed by atoms with Gasteiger partial charge in [0.25, 0.3) is 0 Å². The average molecular weight is 684 g/mol. The van der Waals surface area contributed by atoms with Gasteiger partial charge in [-0.1, -0.05) is 103 Å². The zero-order valence-electron chi connectivity index (χ0n) is 28.3. The Morgan fingerprint density at radius 1 is 0.308 bits per heavy atom. The van der Waals surface area contributed by atoms with Crippen LogP contribution in [-0.2, 0) is 0 Å². The van der Waals surface area contributed by atoms with Crippen LogP contribution in [0.3, 0.4) is 0 Å². The van der Waals surface area contributed by atoms with Crippen molar-refractivity contribution in [1.82, 2.24) is 4.57 Å². The van der Waals surface area contributed by atoms with E-state index in [2.05, 4.69) is 215 Å². The first-order chi connectivity index (χ1) is 25.8. The molecule has 10 rings (SSSR count). The van der Waals surface area contributed by atoms with Gasteiger partial charge in [0, 0.05) is 70.8 Å². The summed E-state index contributed by atoms with van der Waals surface area (Å²) in [5.41, 5.74) is 10.1. The standard InChI is InChI=1S/C48H33N3S/c1-5-16-34(17-6-1)49(35-18-7-2-8-19-35)38-24-15-25-39(30-38)51-45-31-40(50(36-20-9-3-10-21-36)37-22-11-4-12-23-37)28-29-41(45)43-32-44-42-26-13-14-27-47(42)52-48(44)33-46(43)51/h1-33H. The van der Waals surface area contributed by atoms with Crippen molar-refractivity contribution in [3.05, 3.63) is 200 Å². The summed E-state index contributed by atoms with van der Waals surface area (Å²) in [4.78, 5) is 4.68. The Labute approximate surface area is 306 Å². The molecule has 8 aromatic carbocycles. The number of anilines is 6. The predicted octanol–water partition coefficient (Wildman–Crippen LogP) is 14.1. The molecule has 0 radical (unpaired) electrons. The zero-order chi connectivity index (χ0) is 34.4. The third kappa shape index (κ3) is 5.12. The second kappa shape index (κ2) is 12.6. The summed E-state index contributed by atoms with van der Waals surface area (Å²) >= 11 is 1.87. The highest BCUT2D eigenvalue weighted by molar-refractivity contribution is 7.25. The fourth-order valence-corrected chi connectivity index (χ4v) is 8.74. The van der Waals surface area contributed by atoms with E-state index in [0.717, 1.165) is 45.3 Å². The minimum Gasteiger partial charge on any atom is -0.310 e. The molecule has 0 aliphatic carbocycles. The lowest BCUT2D eigenvalue weighted by atomic mass is 10.1. The molecule has 0 spiro atoms. The number of rotatable bonds is 7. The highest BCUT2D eigenvalue weighted by atomic mass is 32.1. The van der Waals surface area contributed by atoms with Crippen molar-refractivity contribution < 1.29 is 0 Å². The number of hydrogen-bond acceptors (Lipinski definition) is 3. The molecule has 0 amide bonds. The Hall–Kier alpha value is -6.62. The number of hydrogen-bond donors (Lipinski definition) is 0. The highest BCUT2D eigenvalue weighted by Gasteiger charge is 2.20. The summed E-state index contributed by atoms with van der Waals surface area (Å²) in [5, 5.41) is 5.09. The Morgan fingerprint density at radius 2 is 0.808 bits per heavy atom. The Kier molecular flexibility index (Phi) is 7.33. The summed E-state index contributed by atoms with van der Waals surface area (Å²) in [6.07, 6.45) is 0. The summed E-state index contributed by atoms with van der Waals surface area (Å²) in [6, 6.07) is 72.0. The Bertz CT molecular complexity index is 2760. The van der Waals surface area contributed by atoms with Crippen LogP contribution in [0.25, 0.3) is 47.7 Å². The molecule has 246 valence electrons. The van der Waals surface area contributed by atoms with Gasteiger partial charge in [0.15, 0.2) is 0 Å². The second-order valence-corrected chi connectivity index (χ2v) is 14.1. The van der Waals surface area contributed by atoms with E-state index in [9.17, 15) is 0 Å². The van der Waals surface area contributed by atoms with E-state index in [1.165, 1.54) is 36.5 Å². The van der Waals surface area contributed by atoms with Gasteiger partial charge in [0.2, 0.25) is 0 Å². The number of fused-ring (bicyclic) bond motifs is 6. The first kappa shape index (κ1) is 30.2. The SMILES string of the molecule is c1ccc(N(c2ccccc2)c2cccc(-n3c4cc(N(c5ccccc5)c5ccccc5)ccc4c4cc5c(cc43)sc3ccccc35)c2)cc1. The third-order valence-corrected chi connectivity index (χ3v) is 11.0. The molecule has 2 heterocycles. The van der Waals surface area contributed by atoms with Gasteiger partial charge in [-0.15, -0.1) is 11.3 Å². The molecule has 52 heavy (non-hydrogen) atoms. The average Bonchev–Trinajstić information content (AvgIpc) is 3.73. The predicted molar refractivity (Wildman–Crippen MR) is 223 cm³/mol. The molecular weight excluding hydrogens is 651 g/mol. The smallest absolute Gasteiger partial charge is 0.0561 e. The molecule has 0 saturated carbocycles. The van der Waals surface area contributed by atoms with Crippen molar-refractivity contribution >= 4 is 87.4 Å². The quantitative estimate of drug-likeness (QED) is 0.166. The van der Waals surface area contributed by atoms with Gasteiger partial charge in [-0.3, -0.25) is 0 Å². The van der Waals surface area contributed by atoms with Gasteiger partial charge >= 0.3 is 0 Å². The first-order valence-corrected chi connectivity index (χ1v) is 18.4. The summed E-state index contributed by atoms with van der Waals surface area (Å²) < 4.78 is 5.07. The maximum absolute atomic E-state index is 2.46. The lowest BCUT2D eigenvalue weighted by molar-refractivity contribution is 1.17. The molecule has 0 aliphatic heterocycles. The fraction of sp³-hybridized carbons (Fsp3) is 0. The highest BCUT2D eigenvalue weighted by Crippen LogP contribution is 2.44. The number of aromatic nitrogens is 1. The summed E-state index contributed by atoms with van der Waals surface area (Å²) in [7, 11) is 0. The molecule has 0 aliphatic rings. The largest absolute Gasteiger partial charge is 0.310 e. The number of benzene rings is 8. The number of para-hydroxylation sites is 4. The van der Waals surface area contributed by atoms with Gasteiger partial charge in [0.05, 0.1) is 11.0 Å². The lowest BCUT2D eigenvalue weighted by Crippen LogP contribution is -2.10. The van der Waals surface area contributed by atoms with Gasteiger partial charge in [-0.05, 0) is 97.1 Å². The molecule has 3 nitrogen and oxygen atoms in total. The summed E-state index contributed by atoms with van der Waals surface area (Å²) in [6.45, 7) is 0. The topological polar surface area (TPSA) is 11.4 Å². The molecule has 0 unspecified atom stereocenters. The number of thiophene rings is 1. The van der Waals surface area contributed by atoms with Crippen LogP contribution >= 0.6 is 11.3 Å². The maximum Gasteiger partial charge on any atom is 0.0561 e. The first-order valence-electron chi connectivity index (χ1n) is 17.6. The molecule has 0 atom stereocenters. The molecule has 0 N–H and O–H groups in total. The van der Waals surface area contributed by atoms with Crippen molar-refractivity contribution in [2.75, 3.05) is 9.80 Å². The van der Waals surface area contributed by atoms with Crippen LogP contribution in [0.2, 0.25) is 0 Å². The Balaban J connectivity index is 1.25. The second-order valence-electron chi connectivity index (χ2n) is 13.0. The molecular formula is C48H33N3S. The lowest BCUT2D eigenvalue weighted by Gasteiger charge is -2.26. The van der Waals surface area contributed by atoms with E-state index in [4.69, 9.17) is 0 Å². The van der Waals surface area contributed by atoms with Crippen molar-refractivity contribution in [3.8, 4) is 5.69 Å². The van der Waals surface area contributed by atoms with E-state index >= 15 is 0 Å². The van der Waals surface area contributed by atoms with Crippen molar-refractivity contribution in [2.24, 2.45) is 0 Å². The van der Waals surface area contributed by atoms with E-state index in [-0.39, 0.29) is 0 Å². The summed E-state index contributed by atoms with van der Waals surface area (Å²) in [5.74, 6) is 0. The fourth-order valence-electron chi connectivity index (χ4n) is 7.62. The van der Waals surface area contributed by atoms with E-state index in [1.54, 1.807) is 0 Å². The van der Waals surface area contributed by atoms with Crippen LogP contribution in [0.4, 0.5) is 34.1 Å². The molecule has 4 heteroatoms. The van der Waals surface area contributed by atoms with E-state index in [0.29, 0.717) is 0 Å². The molecule has 10 aromatic rings. The van der Waals surface area contributed by atoms with Crippen molar-refractivity contribution in [2.45, 2.75) is 0 Å². The molecule has 0 fully saturated rings. The van der Waals surface area contributed by atoms with Gasteiger partial charge < -0.3 is 14.4 Å². The normalized spacial score (nSPS) is 11.5. The zero-order valence-corrected chi connectivity index (χ0v) is 29.1. The number of nitrogens with zero attached hydrogens (tertiary/aromatic N) is 3. The minimum absolute atomic E-state index is 1.10. The van der Waals surface area contributed by atoms with Crippen LogP contribution in [0.15, 0.2) is 200 Å². The van der Waals surface area contributed by atoms with E-state index < -0.39 is 0 Å². The van der Waals surface area contributed by atoms with Crippen LogP contribution in [0, 0.1) is 0 Å². The van der Waals surface area contributed by atoms with Crippen LogP contribution in [-0.4, -0.2) is 4.57 Å². The molecule has 2 aromatic heterocycles. The third-order valence-electron chi connectivity index (χ3n) is 9.91. The van der Waals surface area contributed by atoms with Gasteiger partial charge in [-0.25, -0.2) is 0 Å². The molecule has 0 saturated heterocycles. The molecule has 0 bridgehead atoms. The van der Waals surface area contributed by atoms with Crippen LogP contribution < -0.4 is 9.80 Å². The van der Waals surface area contributed by atoms with Crippen molar-refractivity contribution in [3.63, 3.8) is 0 Å². The van der Waals surface area contributed by atoms with Crippen LogP contribution in [0.5, 0.6) is 0 Å². The van der Waals surface area contributed by atoms with E-state index in [1.807, 2.05) is 11.3 Å². The monoisotopic (exact) mass is 683 g/mol. The Morgan fingerprint density at radius 3 is 1.40 bits per heavy atom. The minimum atomic E-state index is 1.10. The van der Waals surface area contributed by atoms with Gasteiger partial charge in [-0.2, -0.15) is 0 Å². The van der Waals surface area contributed by atoms with Crippen molar-refractivity contribution in [1.29, 1.82) is 0 Å². The maximum atomic E-state index is 2.46. The van der Waals surface area contributed by atoms with Gasteiger partial charge in [0.1, 0.15) is 0 Å². The van der Waals surface area contributed by atoms with Crippen LogP contribution in [0.1, 0.15) is 0 Å².